The Labute approximate surface area is 133 Å². The van der Waals surface area contributed by atoms with E-state index < -0.39 is 0 Å². The normalized spacial score (nSPS) is 10.3. The van der Waals surface area contributed by atoms with Crippen LogP contribution in [0, 0.1) is 0 Å². The Hall–Kier alpha value is -1.78. The number of hydrogen-bond donors (Lipinski definition) is 2. The second-order valence-electron chi connectivity index (χ2n) is 4.42. The van der Waals surface area contributed by atoms with Crippen LogP contribution in [-0.2, 0) is 6.42 Å². The van der Waals surface area contributed by atoms with Gasteiger partial charge in [-0.05, 0) is 36.8 Å². The first-order valence-electron chi connectivity index (χ1n) is 6.48. The number of carbonyl (C=O) groups is 1. The Morgan fingerprint density at radius 1 is 1.19 bits per heavy atom. The molecule has 1 aromatic heterocycles. The van der Waals surface area contributed by atoms with Gasteiger partial charge in [-0.2, -0.15) is 0 Å². The molecule has 0 atom stereocenters. The molecule has 110 valence electrons. The van der Waals surface area contributed by atoms with Gasteiger partial charge >= 0.3 is 0 Å². The highest BCUT2D eigenvalue weighted by Gasteiger charge is 2.10. The van der Waals surface area contributed by atoms with E-state index in [-0.39, 0.29) is 5.91 Å². The average molecular weight is 324 g/mol. The molecule has 2 rings (SSSR count). The van der Waals surface area contributed by atoms with Gasteiger partial charge in [0.25, 0.3) is 5.91 Å². The minimum absolute atomic E-state index is 0.220. The van der Waals surface area contributed by atoms with E-state index in [1.54, 1.807) is 37.4 Å². The van der Waals surface area contributed by atoms with Gasteiger partial charge in [-0.1, -0.05) is 30.1 Å². The Kier molecular flexibility index (Phi) is 5.04. The fraction of sp³-hybridized carbons (Fsp3) is 0.200. The summed E-state index contributed by atoms with van der Waals surface area (Å²) in [5.41, 5.74) is 1.98. The van der Waals surface area contributed by atoms with Crippen molar-refractivity contribution in [1.82, 2.24) is 4.98 Å². The lowest BCUT2D eigenvalue weighted by Gasteiger charge is -2.09. The second-order valence-corrected chi connectivity index (χ2v) is 5.23. The highest BCUT2D eigenvalue weighted by Crippen LogP contribution is 2.25. The zero-order chi connectivity index (χ0) is 15.4. The minimum atomic E-state index is -0.220. The number of hydrogen-bond acceptors (Lipinski definition) is 3. The molecule has 0 bridgehead atoms. The van der Waals surface area contributed by atoms with E-state index in [0.717, 1.165) is 12.1 Å². The number of aromatic nitrogens is 1. The van der Waals surface area contributed by atoms with Gasteiger partial charge < -0.3 is 10.6 Å². The monoisotopic (exact) mass is 323 g/mol. The molecule has 0 aliphatic heterocycles. The highest BCUT2D eigenvalue weighted by atomic mass is 35.5. The molecule has 0 radical (unpaired) electrons. The molecule has 4 nitrogen and oxygen atoms in total. The van der Waals surface area contributed by atoms with Crippen molar-refractivity contribution in [3.8, 4) is 0 Å². The molecule has 0 saturated carbocycles. The standard InChI is InChI=1S/C15H15Cl2N3O/c1-3-10-6-9(7-14(18-2)19-10)15(21)20-11-4-5-12(16)13(17)8-11/h4-8H,3H2,1-2H3,(H,18,19)(H,20,21). The van der Waals surface area contributed by atoms with Gasteiger partial charge in [0.2, 0.25) is 0 Å². The van der Waals surface area contributed by atoms with Gasteiger partial charge in [0.15, 0.2) is 0 Å². The maximum Gasteiger partial charge on any atom is 0.255 e. The van der Waals surface area contributed by atoms with E-state index in [9.17, 15) is 4.79 Å². The molecule has 1 aromatic carbocycles. The minimum Gasteiger partial charge on any atom is -0.373 e. The van der Waals surface area contributed by atoms with Crippen molar-refractivity contribution >= 4 is 40.6 Å². The van der Waals surface area contributed by atoms with E-state index in [0.29, 0.717) is 27.1 Å². The number of halogens is 2. The van der Waals surface area contributed by atoms with Gasteiger partial charge in [0.05, 0.1) is 10.0 Å². The Morgan fingerprint density at radius 3 is 2.57 bits per heavy atom. The molecular weight excluding hydrogens is 309 g/mol. The third kappa shape index (κ3) is 3.86. The van der Waals surface area contributed by atoms with Gasteiger partial charge in [0, 0.05) is 24.0 Å². The first-order valence-corrected chi connectivity index (χ1v) is 7.24. The fourth-order valence-electron chi connectivity index (χ4n) is 1.81. The quantitative estimate of drug-likeness (QED) is 0.884. The lowest BCUT2D eigenvalue weighted by molar-refractivity contribution is 0.102. The van der Waals surface area contributed by atoms with Crippen LogP contribution in [0.5, 0.6) is 0 Å². The number of carbonyl (C=O) groups excluding carboxylic acids is 1. The number of nitrogens with zero attached hydrogens (tertiary/aromatic N) is 1. The van der Waals surface area contributed by atoms with Crippen LogP contribution in [-0.4, -0.2) is 17.9 Å². The summed E-state index contributed by atoms with van der Waals surface area (Å²) in [7, 11) is 1.77. The summed E-state index contributed by atoms with van der Waals surface area (Å²) < 4.78 is 0. The average Bonchev–Trinajstić information content (AvgIpc) is 2.50. The van der Waals surface area contributed by atoms with E-state index in [2.05, 4.69) is 15.6 Å². The molecule has 0 fully saturated rings. The van der Waals surface area contributed by atoms with E-state index >= 15 is 0 Å². The summed E-state index contributed by atoms with van der Waals surface area (Å²) in [6, 6.07) is 8.43. The molecule has 21 heavy (non-hydrogen) atoms. The Morgan fingerprint density at radius 2 is 1.95 bits per heavy atom. The summed E-state index contributed by atoms with van der Waals surface area (Å²) in [5, 5.41) is 6.59. The molecule has 2 aromatic rings. The molecular formula is C15H15Cl2N3O. The summed E-state index contributed by atoms with van der Waals surface area (Å²) in [6.07, 6.45) is 0.753. The van der Waals surface area contributed by atoms with Crippen molar-refractivity contribution in [3.63, 3.8) is 0 Å². The number of amides is 1. The van der Waals surface area contributed by atoms with Gasteiger partial charge in [-0.3, -0.25) is 4.79 Å². The van der Waals surface area contributed by atoms with E-state index in [1.807, 2.05) is 6.92 Å². The van der Waals surface area contributed by atoms with Crippen molar-refractivity contribution in [3.05, 3.63) is 51.6 Å². The third-order valence-corrected chi connectivity index (χ3v) is 3.68. The summed E-state index contributed by atoms with van der Waals surface area (Å²) >= 11 is 11.8. The Balaban J connectivity index is 2.25. The van der Waals surface area contributed by atoms with Gasteiger partial charge in [-0.25, -0.2) is 4.98 Å². The molecule has 2 N–H and O–H groups in total. The third-order valence-electron chi connectivity index (χ3n) is 2.94. The van der Waals surface area contributed by atoms with Crippen LogP contribution in [0.15, 0.2) is 30.3 Å². The maximum absolute atomic E-state index is 12.3. The van der Waals surface area contributed by atoms with Crippen molar-refractivity contribution in [2.24, 2.45) is 0 Å². The smallest absolute Gasteiger partial charge is 0.255 e. The molecule has 6 heteroatoms. The molecule has 0 aliphatic rings. The number of nitrogens with one attached hydrogen (secondary N) is 2. The lowest BCUT2D eigenvalue weighted by atomic mass is 10.1. The summed E-state index contributed by atoms with van der Waals surface area (Å²) in [4.78, 5) is 16.7. The number of aryl methyl sites for hydroxylation is 1. The Bertz CT molecular complexity index is 652. The fourth-order valence-corrected chi connectivity index (χ4v) is 2.10. The summed E-state index contributed by atoms with van der Waals surface area (Å²) in [6.45, 7) is 1.99. The lowest BCUT2D eigenvalue weighted by Crippen LogP contribution is -2.13. The van der Waals surface area contributed by atoms with Crippen LogP contribution in [0.1, 0.15) is 23.0 Å². The van der Waals surface area contributed by atoms with Crippen molar-refractivity contribution in [1.29, 1.82) is 0 Å². The van der Waals surface area contributed by atoms with Crippen LogP contribution in [0.2, 0.25) is 10.0 Å². The summed E-state index contributed by atoms with van der Waals surface area (Å²) in [5.74, 6) is 0.440. The highest BCUT2D eigenvalue weighted by molar-refractivity contribution is 6.42. The van der Waals surface area contributed by atoms with Crippen molar-refractivity contribution in [2.45, 2.75) is 13.3 Å². The van der Waals surface area contributed by atoms with Crippen LogP contribution < -0.4 is 10.6 Å². The van der Waals surface area contributed by atoms with Crippen LogP contribution >= 0.6 is 23.2 Å². The predicted octanol–water partition coefficient (Wildman–Crippen LogP) is 4.24. The number of anilines is 2. The number of pyridine rings is 1. The predicted molar refractivity (Wildman–Crippen MR) is 87.6 cm³/mol. The zero-order valence-corrected chi connectivity index (χ0v) is 13.2. The van der Waals surface area contributed by atoms with Crippen molar-refractivity contribution in [2.75, 3.05) is 17.7 Å². The van der Waals surface area contributed by atoms with Gasteiger partial charge in [0.1, 0.15) is 5.82 Å². The topological polar surface area (TPSA) is 54.0 Å². The number of rotatable bonds is 4. The SMILES string of the molecule is CCc1cc(C(=O)Nc2ccc(Cl)c(Cl)c2)cc(NC)n1. The van der Waals surface area contributed by atoms with E-state index in [4.69, 9.17) is 23.2 Å². The van der Waals surface area contributed by atoms with E-state index in [1.165, 1.54) is 0 Å². The molecule has 0 unspecified atom stereocenters. The molecule has 1 heterocycles. The molecule has 0 aliphatic carbocycles. The molecule has 1 amide bonds. The van der Waals surface area contributed by atoms with Crippen LogP contribution in [0.25, 0.3) is 0 Å². The van der Waals surface area contributed by atoms with Crippen molar-refractivity contribution < 1.29 is 4.79 Å². The second kappa shape index (κ2) is 6.78. The van der Waals surface area contributed by atoms with Crippen LogP contribution in [0.3, 0.4) is 0 Å². The molecule has 0 spiro atoms. The largest absolute Gasteiger partial charge is 0.373 e. The zero-order valence-electron chi connectivity index (χ0n) is 11.7. The van der Waals surface area contributed by atoms with Gasteiger partial charge in [-0.15, -0.1) is 0 Å². The first kappa shape index (κ1) is 15.6. The van der Waals surface area contributed by atoms with Crippen LogP contribution in [0.4, 0.5) is 11.5 Å². The number of benzene rings is 1. The maximum atomic E-state index is 12.3. The molecule has 0 saturated heterocycles. The first-order chi connectivity index (χ1) is 10.0.